The minimum absolute atomic E-state index is 0.0756. The number of aryl methyl sites for hydroxylation is 2. The highest BCUT2D eigenvalue weighted by atomic mass is 35.5. The number of hydrogen-bond donors (Lipinski definition) is 1. The van der Waals surface area contributed by atoms with Gasteiger partial charge in [-0.3, -0.25) is 13.9 Å². The first-order chi connectivity index (χ1) is 13.0. The van der Waals surface area contributed by atoms with Crippen LogP contribution in [0.4, 0.5) is 0 Å². The lowest BCUT2D eigenvalue weighted by atomic mass is 10.0. The molecule has 0 aliphatic carbocycles. The van der Waals surface area contributed by atoms with Crippen LogP contribution < -0.4 is 11.0 Å². The first-order valence-corrected chi connectivity index (χ1v) is 9.65. The number of carbonyl (C=O) groups excluding carboxylic acids is 1. The second-order valence-electron chi connectivity index (χ2n) is 6.50. The van der Waals surface area contributed by atoms with Crippen LogP contribution in [-0.4, -0.2) is 15.0 Å². The Balaban J connectivity index is 1.73. The topological polar surface area (TPSA) is 56.0 Å². The van der Waals surface area contributed by atoms with Gasteiger partial charge in [0.05, 0.1) is 17.1 Å². The van der Waals surface area contributed by atoms with Crippen molar-refractivity contribution < 1.29 is 4.79 Å². The second-order valence-corrected chi connectivity index (χ2v) is 6.94. The first-order valence-electron chi connectivity index (χ1n) is 9.28. The molecule has 1 aromatic heterocycles. The molecule has 0 radical (unpaired) electrons. The number of imidazole rings is 1. The minimum atomic E-state index is -0.0927. The van der Waals surface area contributed by atoms with E-state index in [1.54, 1.807) is 9.13 Å². The third kappa shape index (κ3) is 4.08. The zero-order valence-electron chi connectivity index (χ0n) is 15.6. The predicted octanol–water partition coefficient (Wildman–Crippen LogP) is 4.13. The van der Waals surface area contributed by atoms with Crippen LogP contribution in [0.1, 0.15) is 38.3 Å². The number of fused-ring (bicyclic) bond motifs is 1. The van der Waals surface area contributed by atoms with E-state index >= 15 is 0 Å². The third-order valence-corrected chi connectivity index (χ3v) is 5.03. The van der Waals surface area contributed by atoms with Crippen molar-refractivity contribution in [3.63, 3.8) is 0 Å². The number of rotatable bonds is 7. The van der Waals surface area contributed by atoms with E-state index in [9.17, 15) is 9.59 Å². The van der Waals surface area contributed by atoms with Crippen molar-refractivity contribution >= 4 is 28.5 Å². The summed E-state index contributed by atoms with van der Waals surface area (Å²) in [6.07, 6.45) is 1.01. The molecule has 27 heavy (non-hydrogen) atoms. The second kappa shape index (κ2) is 8.44. The summed E-state index contributed by atoms with van der Waals surface area (Å²) in [5.41, 5.74) is 2.67. The van der Waals surface area contributed by atoms with E-state index in [4.69, 9.17) is 11.6 Å². The highest BCUT2D eigenvalue weighted by molar-refractivity contribution is 6.30. The SMILES string of the molecule is CCC(NC(=O)CCn1c(=O)n(CC)c2ccccc21)c1cccc(Cl)c1. The molecule has 0 spiro atoms. The third-order valence-electron chi connectivity index (χ3n) is 4.80. The van der Waals surface area contributed by atoms with Crippen LogP contribution in [0.3, 0.4) is 0 Å². The average Bonchev–Trinajstić information content (AvgIpc) is 2.95. The largest absolute Gasteiger partial charge is 0.349 e. The number of benzene rings is 2. The van der Waals surface area contributed by atoms with Crippen LogP contribution in [-0.2, 0) is 17.9 Å². The van der Waals surface area contributed by atoms with Gasteiger partial charge in [-0.15, -0.1) is 0 Å². The molecule has 1 amide bonds. The maximum Gasteiger partial charge on any atom is 0.329 e. The molecule has 6 heteroatoms. The summed E-state index contributed by atoms with van der Waals surface area (Å²) in [7, 11) is 0. The average molecular weight is 386 g/mol. The van der Waals surface area contributed by atoms with Crippen LogP contribution in [0.25, 0.3) is 11.0 Å². The fourth-order valence-corrected chi connectivity index (χ4v) is 3.62. The molecule has 1 heterocycles. The van der Waals surface area contributed by atoms with Crippen molar-refractivity contribution in [1.29, 1.82) is 0 Å². The maximum absolute atomic E-state index is 12.6. The molecule has 0 bridgehead atoms. The van der Waals surface area contributed by atoms with Crippen LogP contribution in [0, 0.1) is 0 Å². The Morgan fingerprint density at radius 2 is 1.78 bits per heavy atom. The Morgan fingerprint density at radius 1 is 1.07 bits per heavy atom. The van der Waals surface area contributed by atoms with Crippen molar-refractivity contribution in [1.82, 2.24) is 14.5 Å². The molecule has 142 valence electrons. The molecule has 2 aromatic carbocycles. The van der Waals surface area contributed by atoms with Gasteiger partial charge in [-0.2, -0.15) is 0 Å². The minimum Gasteiger partial charge on any atom is -0.349 e. The fraction of sp³-hybridized carbons (Fsp3) is 0.333. The van der Waals surface area contributed by atoms with Gasteiger partial charge >= 0.3 is 5.69 Å². The Hall–Kier alpha value is -2.53. The molecule has 0 saturated heterocycles. The fourth-order valence-electron chi connectivity index (χ4n) is 3.42. The normalized spacial score (nSPS) is 12.3. The van der Waals surface area contributed by atoms with E-state index in [0.29, 0.717) is 18.1 Å². The Kier molecular flexibility index (Phi) is 6.01. The number of halogens is 1. The number of hydrogen-bond acceptors (Lipinski definition) is 2. The van der Waals surface area contributed by atoms with Gasteiger partial charge < -0.3 is 5.32 Å². The smallest absolute Gasteiger partial charge is 0.329 e. The summed E-state index contributed by atoms with van der Waals surface area (Å²) in [5.74, 6) is -0.0814. The Bertz CT molecular complexity index is 1010. The molecule has 0 fully saturated rings. The van der Waals surface area contributed by atoms with E-state index in [2.05, 4.69) is 5.32 Å². The van der Waals surface area contributed by atoms with E-state index in [1.807, 2.05) is 62.4 Å². The summed E-state index contributed by atoms with van der Waals surface area (Å²) >= 11 is 6.06. The van der Waals surface area contributed by atoms with Crippen molar-refractivity contribution in [2.75, 3.05) is 0 Å². The molecule has 1 atom stereocenters. The van der Waals surface area contributed by atoms with Crippen LogP contribution in [0.2, 0.25) is 5.02 Å². The molecule has 3 aromatic rings. The van der Waals surface area contributed by atoms with E-state index in [0.717, 1.165) is 23.0 Å². The van der Waals surface area contributed by atoms with Gasteiger partial charge in [0.25, 0.3) is 0 Å². The summed E-state index contributed by atoms with van der Waals surface area (Å²) in [6, 6.07) is 15.1. The number of aromatic nitrogens is 2. The molecule has 0 aliphatic rings. The maximum atomic E-state index is 12.6. The highest BCUT2D eigenvalue weighted by Crippen LogP contribution is 2.20. The number of amides is 1. The molecule has 0 saturated carbocycles. The first kappa shape index (κ1) is 19.2. The van der Waals surface area contributed by atoms with Gasteiger partial charge in [0.15, 0.2) is 0 Å². The van der Waals surface area contributed by atoms with E-state index < -0.39 is 0 Å². The summed E-state index contributed by atoms with van der Waals surface area (Å²) < 4.78 is 3.41. The van der Waals surface area contributed by atoms with E-state index in [1.165, 1.54) is 0 Å². The standard InChI is InChI=1S/C21H24ClN3O2/c1-3-17(15-8-7-9-16(22)14-15)23-20(26)12-13-25-19-11-6-5-10-18(19)24(4-2)21(25)27/h5-11,14,17H,3-4,12-13H2,1-2H3,(H,23,26). The summed E-state index contributed by atoms with van der Waals surface area (Å²) in [6.45, 7) is 4.92. The van der Waals surface area contributed by atoms with Gasteiger partial charge in [0, 0.05) is 24.5 Å². The quantitative estimate of drug-likeness (QED) is 0.664. The number of carbonyl (C=O) groups is 1. The van der Waals surface area contributed by atoms with Gasteiger partial charge in [0.2, 0.25) is 5.91 Å². The molecule has 5 nitrogen and oxygen atoms in total. The summed E-state index contributed by atoms with van der Waals surface area (Å²) in [4.78, 5) is 25.2. The molecule has 3 rings (SSSR count). The van der Waals surface area contributed by atoms with Gasteiger partial charge in [-0.1, -0.05) is 42.8 Å². The van der Waals surface area contributed by atoms with Crippen LogP contribution >= 0.6 is 11.6 Å². The monoisotopic (exact) mass is 385 g/mol. The molecular formula is C21H24ClN3O2. The van der Waals surface area contributed by atoms with Crippen LogP contribution in [0.15, 0.2) is 53.3 Å². The molecular weight excluding hydrogens is 362 g/mol. The van der Waals surface area contributed by atoms with Crippen molar-refractivity contribution in [3.8, 4) is 0 Å². The van der Waals surface area contributed by atoms with Crippen molar-refractivity contribution in [2.24, 2.45) is 0 Å². The molecule has 0 aliphatic heterocycles. The molecule has 1 unspecified atom stereocenters. The number of nitrogens with zero attached hydrogens (tertiary/aromatic N) is 2. The number of nitrogens with one attached hydrogen (secondary N) is 1. The van der Waals surface area contributed by atoms with Gasteiger partial charge in [-0.05, 0) is 43.2 Å². The Morgan fingerprint density at radius 3 is 2.41 bits per heavy atom. The highest BCUT2D eigenvalue weighted by Gasteiger charge is 2.15. The lowest BCUT2D eigenvalue weighted by molar-refractivity contribution is -0.122. The van der Waals surface area contributed by atoms with Gasteiger partial charge in [-0.25, -0.2) is 4.79 Å². The van der Waals surface area contributed by atoms with Gasteiger partial charge in [0.1, 0.15) is 0 Å². The molecule has 1 N–H and O–H groups in total. The van der Waals surface area contributed by atoms with E-state index in [-0.39, 0.29) is 24.1 Å². The number of para-hydroxylation sites is 2. The summed E-state index contributed by atoms with van der Waals surface area (Å²) in [5, 5.41) is 3.70. The van der Waals surface area contributed by atoms with Crippen molar-refractivity contribution in [3.05, 3.63) is 69.6 Å². The lowest BCUT2D eigenvalue weighted by Gasteiger charge is -2.18. The zero-order valence-corrected chi connectivity index (χ0v) is 16.4. The lowest BCUT2D eigenvalue weighted by Crippen LogP contribution is -2.31. The Labute approximate surface area is 163 Å². The predicted molar refractivity (Wildman–Crippen MR) is 109 cm³/mol. The van der Waals surface area contributed by atoms with Crippen molar-refractivity contribution in [2.45, 2.75) is 45.8 Å². The van der Waals surface area contributed by atoms with Crippen LogP contribution in [0.5, 0.6) is 0 Å². The zero-order chi connectivity index (χ0) is 19.4.